The van der Waals surface area contributed by atoms with E-state index in [4.69, 9.17) is 5.73 Å². The molecule has 0 bridgehead atoms. The van der Waals surface area contributed by atoms with Crippen LogP contribution < -0.4 is 5.73 Å². The number of nitrogens with two attached hydrogens (primary N) is 1. The van der Waals surface area contributed by atoms with Gasteiger partial charge < -0.3 is 5.73 Å². The Labute approximate surface area is 116 Å². The van der Waals surface area contributed by atoms with Gasteiger partial charge in [-0.05, 0) is 38.1 Å². The maximum Gasteiger partial charge on any atom is 0.131 e. The van der Waals surface area contributed by atoms with Crippen LogP contribution in [0.1, 0.15) is 24.4 Å². The highest BCUT2D eigenvalue weighted by atomic mass is 19.1. The summed E-state index contributed by atoms with van der Waals surface area (Å²) in [5.41, 5.74) is 9.10. The minimum atomic E-state index is -0.231. The molecule has 0 spiro atoms. The molecule has 20 heavy (non-hydrogen) atoms. The number of fused-ring (bicyclic) bond motifs is 1. The normalized spacial score (nSPS) is 12.8. The molecule has 2 N–H and O–H groups in total. The van der Waals surface area contributed by atoms with Gasteiger partial charge in [0.25, 0.3) is 0 Å². The molecule has 0 fully saturated rings. The first-order valence-electron chi connectivity index (χ1n) is 6.58. The Morgan fingerprint density at radius 3 is 2.50 bits per heavy atom. The minimum absolute atomic E-state index is 0.231. The summed E-state index contributed by atoms with van der Waals surface area (Å²) in [4.78, 5) is 4.56. The third-order valence-corrected chi connectivity index (χ3v) is 3.45. The van der Waals surface area contributed by atoms with Gasteiger partial charge in [0.15, 0.2) is 0 Å². The van der Waals surface area contributed by atoms with Crippen LogP contribution in [0.4, 0.5) is 4.39 Å². The molecule has 0 aliphatic carbocycles. The van der Waals surface area contributed by atoms with E-state index in [0.29, 0.717) is 5.56 Å². The summed E-state index contributed by atoms with van der Waals surface area (Å²) in [6.07, 6.45) is 0. The van der Waals surface area contributed by atoms with Crippen molar-refractivity contribution in [2.45, 2.75) is 19.9 Å². The molecule has 3 aromatic rings. The Morgan fingerprint density at radius 2 is 1.85 bits per heavy atom. The van der Waals surface area contributed by atoms with Gasteiger partial charge in [-0.25, -0.2) is 9.37 Å². The number of aryl methyl sites for hydroxylation is 1. The van der Waals surface area contributed by atoms with E-state index in [1.54, 1.807) is 13.0 Å². The van der Waals surface area contributed by atoms with Crippen molar-refractivity contribution in [1.82, 2.24) is 9.55 Å². The van der Waals surface area contributed by atoms with E-state index >= 15 is 0 Å². The van der Waals surface area contributed by atoms with E-state index in [9.17, 15) is 4.39 Å². The van der Waals surface area contributed by atoms with Gasteiger partial charge in [-0.15, -0.1) is 0 Å². The summed E-state index contributed by atoms with van der Waals surface area (Å²) < 4.78 is 15.8. The molecule has 0 amide bonds. The van der Waals surface area contributed by atoms with Crippen LogP contribution in [0.25, 0.3) is 16.7 Å². The van der Waals surface area contributed by atoms with Gasteiger partial charge in [0.05, 0.1) is 17.1 Å². The largest absolute Gasteiger partial charge is 0.322 e. The van der Waals surface area contributed by atoms with Crippen LogP contribution in [-0.4, -0.2) is 9.55 Å². The molecule has 0 saturated heterocycles. The predicted octanol–water partition coefficient (Wildman–Crippen LogP) is 3.49. The lowest BCUT2D eigenvalue weighted by Crippen LogP contribution is -2.12. The van der Waals surface area contributed by atoms with Crippen LogP contribution in [0.3, 0.4) is 0 Å². The molecule has 0 aliphatic heterocycles. The van der Waals surface area contributed by atoms with Crippen molar-refractivity contribution in [2.24, 2.45) is 5.73 Å². The van der Waals surface area contributed by atoms with Crippen LogP contribution >= 0.6 is 0 Å². The standard InChI is InChI=1S/C16H16FN3/c1-10-13(17)8-9-14-15(10)20(16(19-14)11(2)18)12-6-4-3-5-7-12/h3-9,11H,18H2,1-2H3. The number of benzene rings is 2. The molecule has 3 rings (SSSR count). The highest BCUT2D eigenvalue weighted by Crippen LogP contribution is 2.28. The van der Waals surface area contributed by atoms with Crippen LogP contribution in [-0.2, 0) is 0 Å². The molecule has 0 saturated carbocycles. The summed E-state index contributed by atoms with van der Waals surface area (Å²) in [5.74, 6) is 0.505. The minimum Gasteiger partial charge on any atom is -0.322 e. The zero-order valence-electron chi connectivity index (χ0n) is 11.5. The SMILES string of the molecule is Cc1c(F)ccc2nc(C(C)N)n(-c3ccccc3)c12. The summed E-state index contributed by atoms with van der Waals surface area (Å²) in [6, 6.07) is 12.7. The van der Waals surface area contributed by atoms with Crippen LogP contribution in [0, 0.1) is 12.7 Å². The summed E-state index contributed by atoms with van der Waals surface area (Å²) in [5, 5.41) is 0. The second-order valence-corrected chi connectivity index (χ2v) is 4.97. The fourth-order valence-electron chi connectivity index (χ4n) is 2.47. The number of halogens is 1. The number of imidazole rings is 1. The molecule has 1 aromatic heterocycles. The first-order chi connectivity index (χ1) is 9.59. The maximum absolute atomic E-state index is 13.9. The highest BCUT2D eigenvalue weighted by molar-refractivity contribution is 5.82. The molecule has 0 aliphatic rings. The Kier molecular flexibility index (Phi) is 3.03. The van der Waals surface area contributed by atoms with Crippen molar-refractivity contribution in [3.05, 3.63) is 59.7 Å². The van der Waals surface area contributed by atoms with Gasteiger partial charge in [-0.3, -0.25) is 4.57 Å². The quantitative estimate of drug-likeness (QED) is 0.774. The van der Waals surface area contributed by atoms with E-state index in [0.717, 1.165) is 22.5 Å². The van der Waals surface area contributed by atoms with Crippen LogP contribution in [0.5, 0.6) is 0 Å². The fraction of sp³-hybridized carbons (Fsp3) is 0.188. The molecule has 4 heteroatoms. The van der Waals surface area contributed by atoms with Crippen molar-refractivity contribution < 1.29 is 4.39 Å². The average molecular weight is 269 g/mol. The molecule has 0 radical (unpaired) electrons. The molecule has 1 unspecified atom stereocenters. The van der Waals surface area contributed by atoms with Crippen molar-refractivity contribution in [2.75, 3.05) is 0 Å². The molecular formula is C16H16FN3. The molecule has 102 valence electrons. The zero-order chi connectivity index (χ0) is 14.3. The molecular weight excluding hydrogens is 253 g/mol. The van der Waals surface area contributed by atoms with Gasteiger partial charge in [0.2, 0.25) is 0 Å². The van der Waals surface area contributed by atoms with Crippen molar-refractivity contribution in [1.29, 1.82) is 0 Å². The highest BCUT2D eigenvalue weighted by Gasteiger charge is 2.18. The number of para-hydroxylation sites is 1. The summed E-state index contributed by atoms with van der Waals surface area (Å²) >= 11 is 0. The molecule has 1 atom stereocenters. The zero-order valence-corrected chi connectivity index (χ0v) is 11.5. The number of hydrogen-bond acceptors (Lipinski definition) is 2. The first-order valence-corrected chi connectivity index (χ1v) is 6.58. The van der Waals surface area contributed by atoms with Gasteiger partial charge in [0.1, 0.15) is 11.6 Å². The van der Waals surface area contributed by atoms with Crippen LogP contribution in [0.2, 0.25) is 0 Å². The van der Waals surface area contributed by atoms with E-state index < -0.39 is 0 Å². The summed E-state index contributed by atoms with van der Waals surface area (Å²) in [7, 11) is 0. The van der Waals surface area contributed by atoms with Crippen molar-refractivity contribution >= 4 is 11.0 Å². The first kappa shape index (κ1) is 12.8. The molecule has 3 nitrogen and oxygen atoms in total. The van der Waals surface area contributed by atoms with E-state index in [1.807, 2.05) is 41.8 Å². The van der Waals surface area contributed by atoms with Gasteiger partial charge >= 0.3 is 0 Å². The van der Waals surface area contributed by atoms with Gasteiger partial charge in [-0.1, -0.05) is 18.2 Å². The number of rotatable bonds is 2. The number of hydrogen-bond donors (Lipinski definition) is 1. The summed E-state index contributed by atoms with van der Waals surface area (Å²) in [6.45, 7) is 3.65. The van der Waals surface area contributed by atoms with Crippen molar-refractivity contribution in [3.8, 4) is 5.69 Å². The Morgan fingerprint density at radius 1 is 1.15 bits per heavy atom. The smallest absolute Gasteiger partial charge is 0.131 e. The average Bonchev–Trinajstić information content (AvgIpc) is 2.84. The maximum atomic E-state index is 13.9. The lowest BCUT2D eigenvalue weighted by molar-refractivity contribution is 0.620. The predicted molar refractivity (Wildman–Crippen MR) is 78.4 cm³/mol. The lowest BCUT2D eigenvalue weighted by atomic mass is 10.2. The third-order valence-electron chi connectivity index (χ3n) is 3.45. The fourth-order valence-corrected chi connectivity index (χ4v) is 2.47. The topological polar surface area (TPSA) is 43.8 Å². The van der Waals surface area contributed by atoms with Gasteiger partial charge in [0, 0.05) is 11.3 Å². The van der Waals surface area contributed by atoms with Gasteiger partial charge in [-0.2, -0.15) is 0 Å². The Balaban J connectivity index is 2.43. The second kappa shape index (κ2) is 4.72. The Bertz CT molecular complexity index is 760. The number of aromatic nitrogens is 2. The van der Waals surface area contributed by atoms with E-state index in [1.165, 1.54) is 6.07 Å². The Hall–Kier alpha value is -2.20. The van der Waals surface area contributed by atoms with E-state index in [-0.39, 0.29) is 11.9 Å². The molecule has 1 heterocycles. The third kappa shape index (κ3) is 1.89. The number of nitrogens with zero attached hydrogens (tertiary/aromatic N) is 2. The molecule has 2 aromatic carbocycles. The van der Waals surface area contributed by atoms with E-state index in [2.05, 4.69) is 4.98 Å². The lowest BCUT2D eigenvalue weighted by Gasteiger charge is -2.12. The second-order valence-electron chi connectivity index (χ2n) is 4.97. The van der Waals surface area contributed by atoms with Crippen molar-refractivity contribution in [3.63, 3.8) is 0 Å². The van der Waals surface area contributed by atoms with Crippen LogP contribution in [0.15, 0.2) is 42.5 Å². The monoisotopic (exact) mass is 269 g/mol.